The molecule has 3 heterocycles. The van der Waals surface area contributed by atoms with Gasteiger partial charge in [-0.05, 0) is 29.8 Å². The van der Waals surface area contributed by atoms with Gasteiger partial charge in [0, 0.05) is 0 Å². The van der Waals surface area contributed by atoms with E-state index in [0.29, 0.717) is 11.3 Å². The summed E-state index contributed by atoms with van der Waals surface area (Å²) in [5.74, 6) is -1.08. The minimum Gasteiger partial charge on any atom is -0.503 e. The Morgan fingerprint density at radius 1 is 1.00 bits per heavy atom. The van der Waals surface area contributed by atoms with Crippen LogP contribution in [0, 0.1) is 0 Å². The van der Waals surface area contributed by atoms with Crippen LogP contribution in [0.4, 0.5) is 0 Å². The summed E-state index contributed by atoms with van der Waals surface area (Å²) >= 11 is 0. The van der Waals surface area contributed by atoms with Crippen molar-refractivity contribution in [1.29, 1.82) is 0 Å². The van der Waals surface area contributed by atoms with Crippen molar-refractivity contribution in [3.63, 3.8) is 0 Å². The third kappa shape index (κ3) is 2.61. The second-order valence-corrected chi connectivity index (χ2v) is 5.89. The van der Waals surface area contributed by atoms with Crippen LogP contribution in [0.5, 0.6) is 0 Å². The number of aliphatic hydroxyl groups excluding tert-OH is 1. The second kappa shape index (κ2) is 6.40. The number of amides is 1. The Morgan fingerprint density at radius 3 is 2.38 bits per heavy atom. The Hall–Kier alpha value is -3.54. The van der Waals surface area contributed by atoms with E-state index < -0.39 is 23.5 Å². The average molecular weight is 349 g/mol. The van der Waals surface area contributed by atoms with Crippen molar-refractivity contribution in [2.75, 3.05) is 0 Å². The fourth-order valence-corrected chi connectivity index (χ4v) is 3.14. The lowest BCUT2D eigenvalue weighted by atomic mass is 9.95. The van der Waals surface area contributed by atoms with Gasteiger partial charge in [0.05, 0.1) is 30.7 Å². The lowest BCUT2D eigenvalue weighted by Gasteiger charge is -2.25. The number of hydrogen-bond donors (Lipinski definition) is 1. The highest BCUT2D eigenvalue weighted by Gasteiger charge is 2.44. The van der Waals surface area contributed by atoms with Gasteiger partial charge in [-0.25, -0.2) is 0 Å². The second-order valence-electron chi connectivity index (χ2n) is 5.89. The van der Waals surface area contributed by atoms with Gasteiger partial charge >= 0.3 is 0 Å². The van der Waals surface area contributed by atoms with Crippen LogP contribution in [0.1, 0.15) is 27.9 Å². The van der Waals surface area contributed by atoms with Crippen LogP contribution in [-0.4, -0.2) is 21.7 Å². The number of Topliss-reactive ketones (excluding diaryl/α,β-unsaturated/α-hetero) is 1. The van der Waals surface area contributed by atoms with E-state index in [1.54, 1.807) is 30.3 Å². The molecule has 0 aliphatic carbocycles. The van der Waals surface area contributed by atoms with Gasteiger partial charge in [0.1, 0.15) is 5.76 Å². The SMILES string of the molecule is O=C(C1=C(O)C(=O)N(Cc2ccco2)C1c1ccccc1)c1ccco1. The highest BCUT2D eigenvalue weighted by Crippen LogP contribution is 2.39. The lowest BCUT2D eigenvalue weighted by molar-refractivity contribution is -0.130. The summed E-state index contributed by atoms with van der Waals surface area (Å²) in [5.41, 5.74) is 0.717. The molecular formula is C20H15NO5. The minimum absolute atomic E-state index is 0.00251. The molecule has 26 heavy (non-hydrogen) atoms. The Balaban J connectivity index is 1.80. The Kier molecular flexibility index (Phi) is 3.93. The van der Waals surface area contributed by atoms with Crippen LogP contribution < -0.4 is 0 Å². The van der Waals surface area contributed by atoms with Gasteiger partial charge in [0.2, 0.25) is 5.78 Å². The number of aliphatic hydroxyl groups is 1. The van der Waals surface area contributed by atoms with E-state index in [-0.39, 0.29) is 17.9 Å². The molecule has 6 heteroatoms. The van der Waals surface area contributed by atoms with Crippen LogP contribution >= 0.6 is 0 Å². The number of ketones is 1. The molecule has 0 radical (unpaired) electrons. The van der Waals surface area contributed by atoms with Gasteiger partial charge < -0.3 is 18.8 Å². The first-order chi connectivity index (χ1) is 12.7. The van der Waals surface area contributed by atoms with Crippen molar-refractivity contribution >= 4 is 11.7 Å². The third-order valence-corrected chi connectivity index (χ3v) is 4.31. The zero-order chi connectivity index (χ0) is 18.1. The molecule has 1 aromatic carbocycles. The van der Waals surface area contributed by atoms with Gasteiger partial charge in [-0.2, -0.15) is 0 Å². The first kappa shape index (κ1) is 16.0. The number of carbonyl (C=O) groups excluding carboxylic acids is 2. The molecule has 6 nitrogen and oxygen atoms in total. The maximum atomic E-state index is 12.9. The number of benzene rings is 1. The Morgan fingerprint density at radius 2 is 1.73 bits per heavy atom. The molecule has 1 N–H and O–H groups in total. The summed E-state index contributed by atoms with van der Waals surface area (Å²) in [7, 11) is 0. The van der Waals surface area contributed by atoms with E-state index in [4.69, 9.17) is 8.83 Å². The molecule has 130 valence electrons. The molecule has 1 amide bonds. The Bertz CT molecular complexity index is 955. The van der Waals surface area contributed by atoms with Crippen LogP contribution in [0.2, 0.25) is 0 Å². The normalized spacial score (nSPS) is 17.2. The topological polar surface area (TPSA) is 83.9 Å². The maximum absolute atomic E-state index is 12.9. The van der Waals surface area contributed by atoms with Crippen molar-refractivity contribution in [2.24, 2.45) is 0 Å². The van der Waals surface area contributed by atoms with Crippen LogP contribution in [0.25, 0.3) is 0 Å². The van der Waals surface area contributed by atoms with Gasteiger partial charge in [-0.3, -0.25) is 9.59 Å². The highest BCUT2D eigenvalue weighted by molar-refractivity contribution is 6.14. The molecule has 3 aromatic rings. The van der Waals surface area contributed by atoms with Crippen molar-refractivity contribution in [1.82, 2.24) is 4.90 Å². The van der Waals surface area contributed by atoms with Crippen molar-refractivity contribution in [3.8, 4) is 0 Å². The zero-order valence-electron chi connectivity index (χ0n) is 13.7. The molecule has 1 atom stereocenters. The van der Waals surface area contributed by atoms with E-state index in [1.807, 2.05) is 18.2 Å². The van der Waals surface area contributed by atoms with E-state index in [1.165, 1.54) is 23.5 Å². The van der Waals surface area contributed by atoms with Crippen LogP contribution in [0.3, 0.4) is 0 Å². The molecule has 1 aliphatic rings. The monoisotopic (exact) mass is 349 g/mol. The summed E-state index contributed by atoms with van der Waals surface area (Å²) < 4.78 is 10.5. The number of rotatable bonds is 5. The third-order valence-electron chi connectivity index (χ3n) is 4.31. The minimum atomic E-state index is -0.730. The Labute approximate surface area is 149 Å². The molecule has 1 unspecified atom stereocenters. The summed E-state index contributed by atoms with van der Waals surface area (Å²) in [6, 6.07) is 14.9. The van der Waals surface area contributed by atoms with E-state index in [2.05, 4.69) is 0 Å². The van der Waals surface area contributed by atoms with Crippen LogP contribution in [0.15, 0.2) is 87.3 Å². The van der Waals surface area contributed by atoms with Gasteiger partial charge in [0.25, 0.3) is 5.91 Å². The molecule has 0 bridgehead atoms. The molecule has 2 aromatic heterocycles. The number of nitrogens with zero attached hydrogens (tertiary/aromatic N) is 1. The summed E-state index contributed by atoms with van der Waals surface area (Å²) in [6.07, 6.45) is 2.88. The van der Waals surface area contributed by atoms with Crippen molar-refractivity contribution in [2.45, 2.75) is 12.6 Å². The summed E-state index contributed by atoms with van der Waals surface area (Å²) in [5, 5.41) is 10.5. The summed E-state index contributed by atoms with van der Waals surface area (Å²) in [4.78, 5) is 27.0. The summed E-state index contributed by atoms with van der Waals surface area (Å²) in [6.45, 7) is 0.129. The molecule has 0 saturated carbocycles. The average Bonchev–Trinajstić information content (AvgIpc) is 3.40. The molecule has 0 saturated heterocycles. The van der Waals surface area contributed by atoms with Gasteiger partial charge in [-0.1, -0.05) is 30.3 Å². The fourth-order valence-electron chi connectivity index (χ4n) is 3.14. The zero-order valence-corrected chi connectivity index (χ0v) is 13.7. The quantitative estimate of drug-likeness (QED) is 0.711. The lowest BCUT2D eigenvalue weighted by Crippen LogP contribution is -2.30. The largest absolute Gasteiger partial charge is 0.503 e. The van der Waals surface area contributed by atoms with E-state index in [9.17, 15) is 14.7 Å². The molecule has 1 aliphatic heterocycles. The van der Waals surface area contributed by atoms with Crippen molar-refractivity contribution in [3.05, 3.63) is 95.5 Å². The number of carbonyl (C=O) groups is 2. The van der Waals surface area contributed by atoms with E-state index in [0.717, 1.165) is 0 Å². The molecule has 0 fully saturated rings. The van der Waals surface area contributed by atoms with Crippen LogP contribution in [-0.2, 0) is 11.3 Å². The fraction of sp³-hybridized carbons (Fsp3) is 0.100. The van der Waals surface area contributed by atoms with E-state index >= 15 is 0 Å². The predicted octanol–water partition coefficient (Wildman–Crippen LogP) is 3.65. The smallest absolute Gasteiger partial charge is 0.290 e. The van der Waals surface area contributed by atoms with Gasteiger partial charge in [-0.15, -0.1) is 0 Å². The first-order valence-electron chi connectivity index (χ1n) is 8.06. The highest BCUT2D eigenvalue weighted by atomic mass is 16.3. The maximum Gasteiger partial charge on any atom is 0.290 e. The molecule has 4 rings (SSSR count). The molecule has 0 spiro atoms. The van der Waals surface area contributed by atoms with Gasteiger partial charge in [0.15, 0.2) is 11.5 Å². The number of furan rings is 2. The number of hydrogen-bond acceptors (Lipinski definition) is 5. The standard InChI is InChI=1S/C20H15NO5/c22-18(15-9-5-11-26-15)16-17(13-6-2-1-3-7-13)21(20(24)19(16)23)12-14-8-4-10-25-14/h1-11,17,23H,12H2. The first-order valence-corrected chi connectivity index (χ1v) is 8.06. The molecular weight excluding hydrogens is 334 g/mol. The predicted molar refractivity (Wildman–Crippen MR) is 91.1 cm³/mol. The van der Waals surface area contributed by atoms with Crippen molar-refractivity contribution < 1.29 is 23.5 Å².